The van der Waals surface area contributed by atoms with Gasteiger partial charge in [0.25, 0.3) is 0 Å². The Balaban J connectivity index is 1.67. The van der Waals surface area contributed by atoms with E-state index in [4.69, 9.17) is 0 Å². The molecule has 0 spiro atoms. The van der Waals surface area contributed by atoms with Crippen molar-refractivity contribution in [2.75, 3.05) is 40.8 Å². The van der Waals surface area contributed by atoms with E-state index in [0.717, 1.165) is 38.1 Å². The molecule has 6 heteroatoms. The van der Waals surface area contributed by atoms with E-state index in [2.05, 4.69) is 27.6 Å². The molecule has 1 unspecified atom stereocenters. The van der Waals surface area contributed by atoms with Crippen LogP contribution in [0.4, 0.5) is 0 Å². The summed E-state index contributed by atoms with van der Waals surface area (Å²) in [5.41, 5.74) is 0. The first-order chi connectivity index (χ1) is 10.6. The summed E-state index contributed by atoms with van der Waals surface area (Å²) in [5.74, 6) is 1.08. The molecule has 1 aliphatic carbocycles. The van der Waals surface area contributed by atoms with Crippen LogP contribution in [0.25, 0.3) is 0 Å². The maximum absolute atomic E-state index is 11.5. The standard InChI is InChI=1S/C16H31N5O/c1-17-16(19-13-8-9-15(22)21(3)12-13)18-10-11-20(2)14-6-4-5-7-14/h13-14H,4-12H2,1-3H3,(H2,17,18,19). The number of carbonyl (C=O) groups is 1. The molecule has 2 fully saturated rings. The highest BCUT2D eigenvalue weighted by Crippen LogP contribution is 2.21. The number of hydrogen-bond donors (Lipinski definition) is 2. The van der Waals surface area contributed by atoms with Gasteiger partial charge >= 0.3 is 0 Å². The van der Waals surface area contributed by atoms with Crippen molar-refractivity contribution >= 4 is 11.9 Å². The van der Waals surface area contributed by atoms with Crippen molar-refractivity contribution in [1.82, 2.24) is 20.4 Å². The zero-order valence-corrected chi connectivity index (χ0v) is 14.3. The van der Waals surface area contributed by atoms with Crippen molar-refractivity contribution in [2.45, 2.75) is 50.6 Å². The van der Waals surface area contributed by atoms with Crippen LogP contribution in [0, 0.1) is 0 Å². The third-order valence-corrected chi connectivity index (χ3v) is 4.90. The Morgan fingerprint density at radius 3 is 2.73 bits per heavy atom. The number of likely N-dealkylation sites (tertiary alicyclic amines) is 1. The lowest BCUT2D eigenvalue weighted by atomic mass is 10.1. The molecule has 22 heavy (non-hydrogen) atoms. The number of carbonyl (C=O) groups excluding carboxylic acids is 1. The number of hydrogen-bond acceptors (Lipinski definition) is 3. The van der Waals surface area contributed by atoms with Crippen LogP contribution in [0.5, 0.6) is 0 Å². The second kappa shape index (κ2) is 8.36. The van der Waals surface area contributed by atoms with Crippen molar-refractivity contribution < 1.29 is 4.79 Å². The van der Waals surface area contributed by atoms with Gasteiger partial charge in [-0.2, -0.15) is 0 Å². The fourth-order valence-electron chi connectivity index (χ4n) is 3.40. The molecule has 2 aliphatic rings. The highest BCUT2D eigenvalue weighted by atomic mass is 16.2. The summed E-state index contributed by atoms with van der Waals surface area (Å²) in [4.78, 5) is 20.1. The van der Waals surface area contributed by atoms with Crippen molar-refractivity contribution in [3.8, 4) is 0 Å². The molecular weight excluding hydrogens is 278 g/mol. The van der Waals surface area contributed by atoms with E-state index in [-0.39, 0.29) is 5.91 Å². The molecule has 2 rings (SSSR count). The van der Waals surface area contributed by atoms with Crippen molar-refractivity contribution in [3.05, 3.63) is 0 Å². The monoisotopic (exact) mass is 309 g/mol. The molecule has 1 saturated carbocycles. The normalized spacial score (nSPS) is 24.2. The number of nitrogens with zero attached hydrogens (tertiary/aromatic N) is 3. The number of nitrogens with one attached hydrogen (secondary N) is 2. The molecule has 1 saturated heterocycles. The van der Waals surface area contributed by atoms with Crippen LogP contribution in [0.1, 0.15) is 38.5 Å². The minimum Gasteiger partial charge on any atom is -0.355 e. The Morgan fingerprint density at radius 2 is 2.09 bits per heavy atom. The molecule has 6 nitrogen and oxygen atoms in total. The van der Waals surface area contributed by atoms with Crippen LogP contribution >= 0.6 is 0 Å². The van der Waals surface area contributed by atoms with Crippen LogP contribution in [-0.2, 0) is 4.79 Å². The minimum absolute atomic E-state index is 0.235. The van der Waals surface area contributed by atoms with Gasteiger partial charge in [-0.05, 0) is 26.3 Å². The van der Waals surface area contributed by atoms with Gasteiger partial charge in [-0.15, -0.1) is 0 Å². The molecule has 1 aliphatic heterocycles. The summed E-state index contributed by atoms with van der Waals surface area (Å²) in [6, 6.07) is 1.05. The molecular formula is C16H31N5O. The maximum atomic E-state index is 11.5. The summed E-state index contributed by atoms with van der Waals surface area (Å²) in [5, 5.41) is 6.82. The lowest BCUT2D eigenvalue weighted by molar-refractivity contribution is -0.132. The molecule has 0 radical (unpaired) electrons. The number of aliphatic imine (C=N–C) groups is 1. The summed E-state index contributed by atoms with van der Waals surface area (Å²) in [7, 11) is 5.88. The second-order valence-corrected chi connectivity index (χ2v) is 6.57. The van der Waals surface area contributed by atoms with Crippen LogP contribution in [0.15, 0.2) is 4.99 Å². The molecule has 0 aromatic rings. The molecule has 126 valence electrons. The van der Waals surface area contributed by atoms with Crippen LogP contribution in [-0.4, -0.2) is 74.5 Å². The number of rotatable bonds is 5. The number of guanidine groups is 1. The van der Waals surface area contributed by atoms with Crippen LogP contribution in [0.3, 0.4) is 0 Å². The molecule has 0 aromatic carbocycles. The maximum Gasteiger partial charge on any atom is 0.222 e. The first-order valence-corrected chi connectivity index (χ1v) is 8.51. The van der Waals surface area contributed by atoms with E-state index in [1.54, 1.807) is 11.9 Å². The van der Waals surface area contributed by atoms with Crippen LogP contribution < -0.4 is 10.6 Å². The quantitative estimate of drug-likeness (QED) is 0.578. The van der Waals surface area contributed by atoms with E-state index in [0.29, 0.717) is 12.5 Å². The Morgan fingerprint density at radius 1 is 1.36 bits per heavy atom. The average molecular weight is 309 g/mol. The first-order valence-electron chi connectivity index (χ1n) is 8.51. The smallest absolute Gasteiger partial charge is 0.222 e. The van der Waals surface area contributed by atoms with Crippen molar-refractivity contribution in [2.24, 2.45) is 4.99 Å². The Hall–Kier alpha value is -1.30. The van der Waals surface area contributed by atoms with E-state index < -0.39 is 0 Å². The van der Waals surface area contributed by atoms with E-state index in [1.165, 1.54) is 25.7 Å². The van der Waals surface area contributed by atoms with Gasteiger partial charge in [-0.25, -0.2) is 0 Å². The fraction of sp³-hybridized carbons (Fsp3) is 0.875. The van der Waals surface area contributed by atoms with Gasteiger partial charge in [0.15, 0.2) is 5.96 Å². The molecule has 0 aromatic heterocycles. The topological polar surface area (TPSA) is 60.0 Å². The largest absolute Gasteiger partial charge is 0.355 e. The lowest BCUT2D eigenvalue weighted by Crippen LogP contribution is -2.52. The SMILES string of the molecule is CN=C(NCCN(C)C1CCCC1)NC1CCC(=O)N(C)C1. The Kier molecular flexibility index (Phi) is 6.49. The first kappa shape index (κ1) is 17.1. The van der Waals surface area contributed by atoms with Crippen LogP contribution in [0.2, 0.25) is 0 Å². The van der Waals surface area contributed by atoms with Gasteiger partial charge in [-0.1, -0.05) is 12.8 Å². The fourth-order valence-corrected chi connectivity index (χ4v) is 3.40. The minimum atomic E-state index is 0.235. The molecule has 1 heterocycles. The zero-order valence-electron chi connectivity index (χ0n) is 14.3. The van der Waals surface area contributed by atoms with Gasteiger partial charge in [-0.3, -0.25) is 9.79 Å². The summed E-state index contributed by atoms with van der Waals surface area (Å²) < 4.78 is 0. The number of piperidine rings is 1. The van der Waals surface area contributed by atoms with Crippen molar-refractivity contribution in [1.29, 1.82) is 0 Å². The highest BCUT2D eigenvalue weighted by molar-refractivity contribution is 5.81. The Bertz CT molecular complexity index is 392. The average Bonchev–Trinajstić information content (AvgIpc) is 3.04. The summed E-state index contributed by atoms with van der Waals surface area (Å²) in [6.07, 6.45) is 6.93. The third-order valence-electron chi connectivity index (χ3n) is 4.90. The van der Waals surface area contributed by atoms with Gasteiger partial charge in [0.2, 0.25) is 5.91 Å². The van der Waals surface area contributed by atoms with Gasteiger partial charge in [0.05, 0.1) is 0 Å². The zero-order chi connectivity index (χ0) is 15.9. The third kappa shape index (κ3) is 4.87. The Labute approximate surface area is 134 Å². The van der Waals surface area contributed by atoms with E-state index in [9.17, 15) is 4.79 Å². The molecule has 1 amide bonds. The second-order valence-electron chi connectivity index (χ2n) is 6.57. The molecule has 2 N–H and O–H groups in total. The summed E-state index contributed by atoms with van der Waals surface area (Å²) >= 11 is 0. The predicted molar refractivity (Wildman–Crippen MR) is 90.0 cm³/mol. The summed E-state index contributed by atoms with van der Waals surface area (Å²) in [6.45, 7) is 2.68. The van der Waals surface area contributed by atoms with E-state index >= 15 is 0 Å². The number of likely N-dealkylation sites (N-methyl/N-ethyl adjacent to an activating group) is 2. The van der Waals surface area contributed by atoms with E-state index in [1.807, 2.05) is 7.05 Å². The predicted octanol–water partition coefficient (Wildman–Crippen LogP) is 0.647. The van der Waals surface area contributed by atoms with Gasteiger partial charge in [0, 0.05) is 52.2 Å². The molecule has 0 bridgehead atoms. The lowest BCUT2D eigenvalue weighted by Gasteiger charge is -2.31. The number of amides is 1. The van der Waals surface area contributed by atoms with Gasteiger partial charge in [0.1, 0.15) is 0 Å². The van der Waals surface area contributed by atoms with Gasteiger partial charge < -0.3 is 20.4 Å². The highest BCUT2D eigenvalue weighted by Gasteiger charge is 2.23. The molecule has 1 atom stereocenters. The van der Waals surface area contributed by atoms with Crippen molar-refractivity contribution in [3.63, 3.8) is 0 Å².